The summed E-state index contributed by atoms with van der Waals surface area (Å²) in [4.78, 5) is 15.6. The first-order chi connectivity index (χ1) is 10.1. The summed E-state index contributed by atoms with van der Waals surface area (Å²) in [6.07, 6.45) is 0. The predicted octanol–water partition coefficient (Wildman–Crippen LogP) is 4.59. The van der Waals surface area contributed by atoms with E-state index in [1.807, 2.05) is 37.3 Å². The van der Waals surface area contributed by atoms with Gasteiger partial charge >= 0.3 is 0 Å². The van der Waals surface area contributed by atoms with Gasteiger partial charge in [0.15, 0.2) is 11.2 Å². The lowest BCUT2D eigenvalue weighted by atomic mass is 10.1. The van der Waals surface area contributed by atoms with Gasteiger partial charge in [-0.1, -0.05) is 29.8 Å². The molecule has 0 bridgehead atoms. The van der Waals surface area contributed by atoms with Gasteiger partial charge in [0, 0.05) is 11.3 Å². The first-order valence-corrected chi connectivity index (χ1v) is 7.00. The number of H-pyrrole nitrogens is 1. The van der Waals surface area contributed by atoms with Crippen LogP contribution in [-0.2, 0) is 0 Å². The van der Waals surface area contributed by atoms with Crippen LogP contribution in [0.2, 0.25) is 5.02 Å². The Morgan fingerprint density at radius 2 is 1.76 bits per heavy atom. The highest BCUT2D eigenvalue weighted by atomic mass is 35.5. The fraction of sp³-hybridized carbons (Fsp3) is 0.118. The normalized spacial score (nSPS) is 10.8. The van der Waals surface area contributed by atoms with Crippen LogP contribution in [0.4, 0.5) is 0 Å². The van der Waals surface area contributed by atoms with Crippen molar-refractivity contribution >= 4 is 22.5 Å². The Labute approximate surface area is 127 Å². The van der Waals surface area contributed by atoms with Gasteiger partial charge in [0.2, 0.25) is 0 Å². The van der Waals surface area contributed by atoms with E-state index >= 15 is 0 Å². The van der Waals surface area contributed by atoms with Gasteiger partial charge in [-0.25, -0.2) is 0 Å². The maximum atomic E-state index is 12.4. The lowest BCUT2D eigenvalue weighted by Crippen LogP contribution is -2.10. The van der Waals surface area contributed by atoms with Crippen LogP contribution in [-0.4, -0.2) is 4.98 Å². The van der Waals surface area contributed by atoms with Crippen molar-refractivity contribution in [2.45, 2.75) is 13.8 Å². The average Bonchev–Trinajstić information content (AvgIpc) is 2.48. The molecule has 0 aliphatic carbocycles. The van der Waals surface area contributed by atoms with Gasteiger partial charge in [-0.15, -0.1) is 0 Å². The number of nitrogens with one attached hydrogen (secondary N) is 1. The van der Waals surface area contributed by atoms with Crippen molar-refractivity contribution in [1.29, 1.82) is 0 Å². The smallest absolute Gasteiger partial charge is 0.194 e. The van der Waals surface area contributed by atoms with E-state index in [-0.39, 0.29) is 5.43 Å². The lowest BCUT2D eigenvalue weighted by molar-refractivity contribution is 0.487. The fourth-order valence-corrected chi connectivity index (χ4v) is 2.49. The highest BCUT2D eigenvalue weighted by Gasteiger charge is 2.13. The first-order valence-electron chi connectivity index (χ1n) is 6.62. The Bertz CT molecular complexity index is 869. The second-order valence-corrected chi connectivity index (χ2v) is 5.32. The van der Waals surface area contributed by atoms with E-state index in [1.54, 1.807) is 19.1 Å². The van der Waals surface area contributed by atoms with Gasteiger partial charge in [-0.05, 0) is 38.1 Å². The summed E-state index contributed by atoms with van der Waals surface area (Å²) in [5.74, 6) is 1.29. The minimum atomic E-state index is -0.0650. The number of hydrogen-bond donors (Lipinski definition) is 1. The van der Waals surface area contributed by atoms with E-state index in [9.17, 15) is 4.79 Å². The first kappa shape index (κ1) is 13.7. The Morgan fingerprint density at radius 3 is 2.48 bits per heavy atom. The molecule has 1 aromatic heterocycles. The molecule has 0 saturated heterocycles. The quantitative estimate of drug-likeness (QED) is 0.752. The molecule has 106 valence electrons. The van der Waals surface area contributed by atoms with Crippen molar-refractivity contribution in [3.63, 3.8) is 0 Å². The molecule has 0 aliphatic rings. The Morgan fingerprint density at radius 1 is 1.05 bits per heavy atom. The summed E-state index contributed by atoms with van der Waals surface area (Å²) in [5.41, 5.74) is 2.04. The summed E-state index contributed by atoms with van der Waals surface area (Å²) >= 11 is 6.19. The third-order valence-electron chi connectivity index (χ3n) is 3.53. The van der Waals surface area contributed by atoms with Crippen molar-refractivity contribution in [3.05, 3.63) is 69.0 Å². The van der Waals surface area contributed by atoms with Crippen LogP contribution in [0.1, 0.15) is 11.3 Å². The zero-order valence-corrected chi connectivity index (χ0v) is 12.5. The van der Waals surface area contributed by atoms with Gasteiger partial charge in [-0.2, -0.15) is 0 Å². The molecule has 0 unspecified atom stereocenters. The number of aromatic amines is 1. The van der Waals surface area contributed by atoms with Crippen molar-refractivity contribution in [2.24, 2.45) is 0 Å². The van der Waals surface area contributed by atoms with Gasteiger partial charge in [0.1, 0.15) is 5.75 Å². The summed E-state index contributed by atoms with van der Waals surface area (Å²) in [6, 6.07) is 12.9. The van der Waals surface area contributed by atoms with Gasteiger partial charge in [0.25, 0.3) is 0 Å². The van der Waals surface area contributed by atoms with Crippen molar-refractivity contribution in [1.82, 2.24) is 4.98 Å². The number of rotatable bonds is 2. The average molecular weight is 300 g/mol. The van der Waals surface area contributed by atoms with E-state index < -0.39 is 0 Å². The number of halogens is 1. The van der Waals surface area contributed by atoms with Gasteiger partial charge in [0.05, 0.1) is 15.9 Å². The second-order valence-electron chi connectivity index (χ2n) is 4.91. The summed E-state index contributed by atoms with van der Waals surface area (Å²) in [6.45, 7) is 3.65. The van der Waals surface area contributed by atoms with Crippen molar-refractivity contribution in [3.8, 4) is 11.5 Å². The molecule has 3 nitrogen and oxygen atoms in total. The zero-order valence-electron chi connectivity index (χ0n) is 11.7. The molecule has 1 N–H and O–H groups in total. The van der Waals surface area contributed by atoms with Crippen LogP contribution in [0.15, 0.2) is 47.3 Å². The van der Waals surface area contributed by atoms with E-state index in [4.69, 9.17) is 16.3 Å². The summed E-state index contributed by atoms with van der Waals surface area (Å²) in [7, 11) is 0. The topological polar surface area (TPSA) is 42.1 Å². The zero-order chi connectivity index (χ0) is 15.0. The predicted molar refractivity (Wildman–Crippen MR) is 85.6 cm³/mol. The molecule has 21 heavy (non-hydrogen) atoms. The molecule has 0 radical (unpaired) electrons. The molecule has 0 aliphatic heterocycles. The standard InChI is InChI=1S/C17H14ClNO2/c1-10-11(2)19-16-14(21-12-6-4-3-5-7-12)9-8-13(18)15(16)17(10)20/h3-9H,1-2H3,(H,19,20). The summed E-state index contributed by atoms with van der Waals surface area (Å²) < 4.78 is 5.87. The monoisotopic (exact) mass is 299 g/mol. The molecule has 0 saturated carbocycles. The molecule has 0 spiro atoms. The minimum absolute atomic E-state index is 0.0650. The third kappa shape index (κ3) is 2.41. The number of aryl methyl sites for hydroxylation is 1. The number of para-hydroxylation sites is 1. The Hall–Kier alpha value is -2.26. The van der Waals surface area contributed by atoms with Crippen molar-refractivity contribution in [2.75, 3.05) is 0 Å². The number of aromatic nitrogens is 1. The second kappa shape index (κ2) is 5.26. The highest BCUT2D eigenvalue weighted by Crippen LogP contribution is 2.31. The molecule has 3 aromatic rings. The van der Waals surface area contributed by atoms with Crippen molar-refractivity contribution < 1.29 is 4.74 Å². The van der Waals surface area contributed by atoms with E-state index in [1.165, 1.54) is 0 Å². The maximum absolute atomic E-state index is 12.4. The van der Waals surface area contributed by atoms with E-state index in [0.717, 1.165) is 5.69 Å². The van der Waals surface area contributed by atoms with Crippen LogP contribution in [0.25, 0.3) is 10.9 Å². The number of ether oxygens (including phenoxy) is 1. The minimum Gasteiger partial charge on any atom is -0.455 e. The molecule has 3 rings (SSSR count). The largest absolute Gasteiger partial charge is 0.455 e. The maximum Gasteiger partial charge on any atom is 0.194 e. The number of pyridine rings is 1. The summed E-state index contributed by atoms with van der Waals surface area (Å²) in [5, 5.41) is 0.892. The molecule has 2 aromatic carbocycles. The number of benzene rings is 2. The third-order valence-corrected chi connectivity index (χ3v) is 3.84. The Kier molecular flexibility index (Phi) is 3.43. The molecule has 0 fully saturated rings. The Balaban J connectivity index is 2.25. The number of hydrogen-bond acceptors (Lipinski definition) is 2. The van der Waals surface area contributed by atoms with Crippen LogP contribution in [0.3, 0.4) is 0 Å². The van der Waals surface area contributed by atoms with Crippen LogP contribution >= 0.6 is 11.6 Å². The molecule has 0 amide bonds. The van der Waals surface area contributed by atoms with Crippen LogP contribution in [0.5, 0.6) is 11.5 Å². The fourth-order valence-electron chi connectivity index (χ4n) is 2.24. The molecular weight excluding hydrogens is 286 g/mol. The van der Waals surface area contributed by atoms with Gasteiger partial charge in [-0.3, -0.25) is 4.79 Å². The SMILES string of the molecule is Cc1[nH]c2c(Oc3ccccc3)ccc(Cl)c2c(=O)c1C. The van der Waals surface area contributed by atoms with Gasteiger partial charge < -0.3 is 9.72 Å². The molecular formula is C17H14ClNO2. The molecule has 4 heteroatoms. The van der Waals surface area contributed by atoms with E-state index in [0.29, 0.717) is 33.0 Å². The molecule has 1 heterocycles. The van der Waals surface area contributed by atoms with Crippen LogP contribution < -0.4 is 10.2 Å². The van der Waals surface area contributed by atoms with Crippen LogP contribution in [0, 0.1) is 13.8 Å². The van der Waals surface area contributed by atoms with E-state index in [2.05, 4.69) is 4.98 Å². The highest BCUT2D eigenvalue weighted by molar-refractivity contribution is 6.35. The number of fused-ring (bicyclic) bond motifs is 1. The lowest BCUT2D eigenvalue weighted by Gasteiger charge is -2.11. The molecule has 0 atom stereocenters.